The smallest absolute Gasteiger partial charge is 0.0622 e. The summed E-state index contributed by atoms with van der Waals surface area (Å²) in [6, 6.07) is 0.666. The molecule has 1 aliphatic carbocycles. The van der Waals surface area contributed by atoms with Gasteiger partial charge in [-0.1, -0.05) is 19.3 Å². The second kappa shape index (κ2) is 4.24. The molecule has 1 saturated heterocycles. The lowest BCUT2D eigenvalue weighted by Gasteiger charge is -2.33. The summed E-state index contributed by atoms with van der Waals surface area (Å²) in [6.07, 6.45) is 7.15. The van der Waals surface area contributed by atoms with Gasteiger partial charge in [0.05, 0.1) is 13.2 Å². The zero-order valence-corrected chi connectivity index (χ0v) is 7.72. The summed E-state index contributed by atoms with van der Waals surface area (Å²) in [6.45, 7) is 2.91. The topological polar surface area (TPSA) is 21.3 Å². The number of hydrogen-bond donors (Lipinski definition) is 1. The van der Waals surface area contributed by atoms with Crippen LogP contribution in [0.2, 0.25) is 0 Å². The standard InChI is InChI=1S/C10H19NO/c1-2-4-9(5-3-1)10-8-12-7-6-11-10/h9-11H,1-8H2. The van der Waals surface area contributed by atoms with Gasteiger partial charge < -0.3 is 10.1 Å². The van der Waals surface area contributed by atoms with Crippen molar-refractivity contribution < 1.29 is 4.74 Å². The van der Waals surface area contributed by atoms with E-state index in [1.54, 1.807) is 0 Å². The molecule has 0 aromatic heterocycles. The van der Waals surface area contributed by atoms with Gasteiger partial charge in [0.15, 0.2) is 0 Å². The first kappa shape index (κ1) is 8.52. The molecule has 2 rings (SSSR count). The molecule has 2 heteroatoms. The maximum absolute atomic E-state index is 5.47. The first-order valence-corrected chi connectivity index (χ1v) is 5.28. The van der Waals surface area contributed by atoms with Gasteiger partial charge in [0.2, 0.25) is 0 Å². The molecule has 1 N–H and O–H groups in total. The SMILES string of the molecule is C1CCC(C2COCCN2)CC1. The van der Waals surface area contributed by atoms with Crippen LogP contribution in [0.5, 0.6) is 0 Å². The van der Waals surface area contributed by atoms with E-state index >= 15 is 0 Å². The average Bonchev–Trinajstić information content (AvgIpc) is 2.21. The minimum absolute atomic E-state index is 0.666. The highest BCUT2D eigenvalue weighted by Crippen LogP contribution is 2.27. The van der Waals surface area contributed by atoms with Gasteiger partial charge in [-0.15, -0.1) is 0 Å². The van der Waals surface area contributed by atoms with Crippen molar-refractivity contribution in [2.45, 2.75) is 38.1 Å². The number of nitrogens with one attached hydrogen (secondary N) is 1. The van der Waals surface area contributed by atoms with Crippen LogP contribution in [0.25, 0.3) is 0 Å². The Balaban J connectivity index is 1.80. The second-order valence-corrected chi connectivity index (χ2v) is 4.03. The molecule has 0 amide bonds. The van der Waals surface area contributed by atoms with Gasteiger partial charge >= 0.3 is 0 Å². The van der Waals surface area contributed by atoms with Crippen LogP contribution >= 0.6 is 0 Å². The summed E-state index contributed by atoms with van der Waals surface area (Å²) < 4.78 is 5.47. The molecule has 70 valence electrons. The van der Waals surface area contributed by atoms with E-state index in [0.717, 1.165) is 25.7 Å². The molecule has 1 aliphatic heterocycles. The molecule has 1 heterocycles. The first-order chi connectivity index (χ1) is 5.97. The van der Waals surface area contributed by atoms with Crippen LogP contribution in [-0.4, -0.2) is 25.8 Å². The zero-order chi connectivity index (χ0) is 8.23. The van der Waals surface area contributed by atoms with Crippen LogP contribution in [0.1, 0.15) is 32.1 Å². The van der Waals surface area contributed by atoms with Crippen molar-refractivity contribution in [1.29, 1.82) is 0 Å². The largest absolute Gasteiger partial charge is 0.379 e. The molecule has 2 nitrogen and oxygen atoms in total. The fourth-order valence-electron chi connectivity index (χ4n) is 2.43. The monoisotopic (exact) mass is 169 g/mol. The van der Waals surface area contributed by atoms with Gasteiger partial charge in [0.25, 0.3) is 0 Å². The van der Waals surface area contributed by atoms with Crippen LogP contribution in [-0.2, 0) is 4.74 Å². The van der Waals surface area contributed by atoms with Crippen molar-refractivity contribution in [1.82, 2.24) is 5.32 Å². The summed E-state index contributed by atoms with van der Waals surface area (Å²) in [5.74, 6) is 0.902. The Hall–Kier alpha value is -0.0800. The summed E-state index contributed by atoms with van der Waals surface area (Å²) >= 11 is 0. The Morgan fingerprint density at radius 2 is 1.92 bits per heavy atom. The molecule has 0 spiro atoms. The Bertz CT molecular complexity index is 110. The van der Waals surface area contributed by atoms with E-state index in [1.807, 2.05) is 0 Å². The highest BCUT2D eigenvalue weighted by atomic mass is 16.5. The third-order valence-electron chi connectivity index (χ3n) is 3.17. The summed E-state index contributed by atoms with van der Waals surface area (Å²) in [5, 5.41) is 3.56. The van der Waals surface area contributed by atoms with Gasteiger partial charge in [0.1, 0.15) is 0 Å². The lowest BCUT2D eigenvalue weighted by Crippen LogP contribution is -2.46. The first-order valence-electron chi connectivity index (χ1n) is 5.28. The van der Waals surface area contributed by atoms with Crippen molar-refractivity contribution in [2.24, 2.45) is 5.92 Å². The van der Waals surface area contributed by atoms with Gasteiger partial charge in [-0.2, -0.15) is 0 Å². The van der Waals surface area contributed by atoms with Crippen LogP contribution in [0.4, 0.5) is 0 Å². The Morgan fingerprint density at radius 1 is 1.08 bits per heavy atom. The van der Waals surface area contributed by atoms with Crippen LogP contribution in [0.15, 0.2) is 0 Å². The highest BCUT2D eigenvalue weighted by Gasteiger charge is 2.24. The minimum Gasteiger partial charge on any atom is -0.379 e. The predicted molar refractivity (Wildman–Crippen MR) is 49.2 cm³/mol. The van der Waals surface area contributed by atoms with Crippen LogP contribution < -0.4 is 5.32 Å². The molecule has 2 aliphatic rings. The number of ether oxygens (including phenoxy) is 1. The molecule has 0 aromatic carbocycles. The third-order valence-corrected chi connectivity index (χ3v) is 3.17. The van der Waals surface area contributed by atoms with E-state index in [2.05, 4.69) is 5.32 Å². The second-order valence-electron chi connectivity index (χ2n) is 4.03. The van der Waals surface area contributed by atoms with E-state index < -0.39 is 0 Å². The average molecular weight is 169 g/mol. The Labute approximate surface area is 74.7 Å². The zero-order valence-electron chi connectivity index (χ0n) is 7.72. The molecule has 1 saturated carbocycles. The van der Waals surface area contributed by atoms with E-state index in [1.165, 1.54) is 32.1 Å². The van der Waals surface area contributed by atoms with Gasteiger partial charge in [-0.05, 0) is 18.8 Å². The van der Waals surface area contributed by atoms with Crippen molar-refractivity contribution >= 4 is 0 Å². The lowest BCUT2D eigenvalue weighted by atomic mass is 9.84. The predicted octanol–water partition coefficient (Wildman–Crippen LogP) is 1.56. The van der Waals surface area contributed by atoms with E-state index in [9.17, 15) is 0 Å². The van der Waals surface area contributed by atoms with Crippen LogP contribution in [0, 0.1) is 5.92 Å². The van der Waals surface area contributed by atoms with Crippen molar-refractivity contribution in [3.63, 3.8) is 0 Å². The molecule has 1 unspecified atom stereocenters. The Kier molecular flexibility index (Phi) is 3.01. The van der Waals surface area contributed by atoms with Gasteiger partial charge in [-0.25, -0.2) is 0 Å². The number of rotatable bonds is 1. The van der Waals surface area contributed by atoms with E-state index in [0.29, 0.717) is 6.04 Å². The summed E-state index contributed by atoms with van der Waals surface area (Å²) in [5.41, 5.74) is 0. The maximum Gasteiger partial charge on any atom is 0.0622 e. The van der Waals surface area contributed by atoms with E-state index in [-0.39, 0.29) is 0 Å². The minimum atomic E-state index is 0.666. The highest BCUT2D eigenvalue weighted by molar-refractivity contribution is 4.80. The summed E-state index contributed by atoms with van der Waals surface area (Å²) in [7, 11) is 0. The molecule has 12 heavy (non-hydrogen) atoms. The number of morpholine rings is 1. The quantitative estimate of drug-likeness (QED) is 0.643. The number of hydrogen-bond acceptors (Lipinski definition) is 2. The third kappa shape index (κ3) is 1.99. The summed E-state index contributed by atoms with van der Waals surface area (Å²) in [4.78, 5) is 0. The van der Waals surface area contributed by atoms with Gasteiger partial charge in [-0.3, -0.25) is 0 Å². The Morgan fingerprint density at radius 3 is 2.58 bits per heavy atom. The molecule has 0 radical (unpaired) electrons. The van der Waals surface area contributed by atoms with Crippen molar-refractivity contribution in [2.75, 3.05) is 19.8 Å². The molecular formula is C10H19NO. The fourth-order valence-corrected chi connectivity index (χ4v) is 2.43. The van der Waals surface area contributed by atoms with Gasteiger partial charge in [0, 0.05) is 12.6 Å². The molecule has 0 aromatic rings. The lowest BCUT2D eigenvalue weighted by molar-refractivity contribution is 0.0489. The normalized spacial score (nSPS) is 33.5. The van der Waals surface area contributed by atoms with Crippen molar-refractivity contribution in [3.8, 4) is 0 Å². The molecule has 1 atom stereocenters. The van der Waals surface area contributed by atoms with Crippen molar-refractivity contribution in [3.05, 3.63) is 0 Å². The molecule has 0 bridgehead atoms. The molecule has 2 fully saturated rings. The maximum atomic E-state index is 5.47. The van der Waals surface area contributed by atoms with E-state index in [4.69, 9.17) is 4.74 Å². The van der Waals surface area contributed by atoms with Crippen LogP contribution in [0.3, 0.4) is 0 Å². The molecular weight excluding hydrogens is 150 g/mol. The fraction of sp³-hybridized carbons (Fsp3) is 1.00.